The zero-order valence-corrected chi connectivity index (χ0v) is 11.0. The molecule has 1 heterocycles. The van der Waals surface area contributed by atoms with Crippen LogP contribution >= 0.6 is 0 Å². The lowest BCUT2D eigenvalue weighted by atomic mass is 10.1. The van der Waals surface area contributed by atoms with Crippen LogP contribution in [0.15, 0.2) is 36.5 Å². The number of nitro groups is 1. The average molecular weight is 266 g/mol. The number of aromatic nitrogens is 1. The first-order chi connectivity index (χ1) is 9.13. The minimum Gasteiger partial charge on any atom is -0.383 e. The van der Waals surface area contributed by atoms with Gasteiger partial charge in [0.2, 0.25) is 0 Å². The van der Waals surface area contributed by atoms with Crippen molar-refractivity contribution in [2.75, 3.05) is 20.3 Å². The van der Waals surface area contributed by atoms with Gasteiger partial charge in [-0.3, -0.25) is 15.1 Å². The normalized spacial score (nSPS) is 12.8. The summed E-state index contributed by atoms with van der Waals surface area (Å²) >= 11 is 0. The Hall–Kier alpha value is -2.15. The molecule has 0 fully saturated rings. The molecule has 1 atom stereocenters. The molecule has 7 heteroatoms. The Morgan fingerprint density at radius 2 is 2.47 bits per heavy atom. The lowest BCUT2D eigenvalue weighted by Crippen LogP contribution is -2.31. The second-order valence-corrected chi connectivity index (χ2v) is 3.90. The fourth-order valence-corrected chi connectivity index (χ4v) is 1.48. The number of rotatable bonds is 8. The molecule has 19 heavy (non-hydrogen) atoms. The Labute approximate surface area is 111 Å². The second-order valence-electron chi connectivity index (χ2n) is 3.90. The van der Waals surface area contributed by atoms with Gasteiger partial charge >= 0.3 is 0 Å². The number of nitrogens with one attached hydrogen (secondary N) is 2. The fraction of sp³-hybridized carbons (Fsp3) is 0.417. The van der Waals surface area contributed by atoms with Gasteiger partial charge < -0.3 is 15.4 Å². The topological polar surface area (TPSA) is 89.3 Å². The van der Waals surface area contributed by atoms with E-state index in [1.807, 2.05) is 19.1 Å². The molecule has 0 saturated carbocycles. The van der Waals surface area contributed by atoms with Crippen LogP contribution in [-0.4, -0.2) is 30.2 Å². The van der Waals surface area contributed by atoms with Crippen molar-refractivity contribution in [3.63, 3.8) is 0 Å². The van der Waals surface area contributed by atoms with Crippen molar-refractivity contribution in [1.82, 2.24) is 15.6 Å². The van der Waals surface area contributed by atoms with Crippen LogP contribution in [-0.2, 0) is 4.74 Å². The molecule has 0 amide bonds. The molecule has 1 unspecified atom stereocenters. The third-order valence-corrected chi connectivity index (χ3v) is 2.41. The average Bonchev–Trinajstić information content (AvgIpc) is 2.39. The first-order valence-electron chi connectivity index (χ1n) is 5.88. The quantitative estimate of drug-likeness (QED) is 0.415. The number of ether oxygens (including phenoxy) is 1. The first-order valence-corrected chi connectivity index (χ1v) is 5.88. The van der Waals surface area contributed by atoms with Crippen molar-refractivity contribution in [2.45, 2.75) is 13.0 Å². The monoisotopic (exact) mass is 266 g/mol. The zero-order valence-electron chi connectivity index (χ0n) is 11.0. The summed E-state index contributed by atoms with van der Waals surface area (Å²) in [5.41, 5.74) is 0.949. The van der Waals surface area contributed by atoms with E-state index < -0.39 is 4.92 Å². The van der Waals surface area contributed by atoms with Crippen molar-refractivity contribution in [2.24, 2.45) is 0 Å². The molecule has 1 aromatic rings. The Morgan fingerprint density at radius 3 is 3.05 bits per heavy atom. The highest BCUT2D eigenvalue weighted by atomic mass is 16.6. The smallest absolute Gasteiger partial charge is 0.274 e. The lowest BCUT2D eigenvalue weighted by molar-refractivity contribution is -0.404. The summed E-state index contributed by atoms with van der Waals surface area (Å²) in [5, 5.41) is 16.5. The maximum atomic E-state index is 10.6. The summed E-state index contributed by atoms with van der Waals surface area (Å²) < 4.78 is 4.89. The number of hydrogen-bond acceptors (Lipinski definition) is 6. The van der Waals surface area contributed by atoms with Crippen molar-refractivity contribution >= 4 is 0 Å². The predicted octanol–water partition coefficient (Wildman–Crippen LogP) is 1.04. The molecule has 2 N–H and O–H groups in total. The minimum atomic E-state index is -0.502. The SMILES string of the molecule is COCCN/C(=C\[N+](=O)[O-])NC(C)c1cccnc1. The van der Waals surface area contributed by atoms with Crippen LogP contribution in [0.4, 0.5) is 0 Å². The number of hydrogen-bond donors (Lipinski definition) is 2. The fourth-order valence-electron chi connectivity index (χ4n) is 1.48. The van der Waals surface area contributed by atoms with Gasteiger partial charge in [-0.25, -0.2) is 0 Å². The summed E-state index contributed by atoms with van der Waals surface area (Å²) in [6.07, 6.45) is 4.31. The Bertz CT molecular complexity index is 422. The third kappa shape index (κ3) is 5.82. The molecule has 104 valence electrons. The molecule has 7 nitrogen and oxygen atoms in total. The van der Waals surface area contributed by atoms with Crippen molar-refractivity contribution in [1.29, 1.82) is 0 Å². The summed E-state index contributed by atoms with van der Waals surface area (Å²) in [4.78, 5) is 14.1. The van der Waals surface area contributed by atoms with Crippen molar-refractivity contribution < 1.29 is 9.66 Å². The van der Waals surface area contributed by atoms with Crippen LogP contribution in [0.2, 0.25) is 0 Å². The van der Waals surface area contributed by atoms with E-state index in [-0.39, 0.29) is 6.04 Å². The van der Waals surface area contributed by atoms with Crippen LogP contribution in [0.5, 0.6) is 0 Å². The van der Waals surface area contributed by atoms with E-state index in [0.29, 0.717) is 19.0 Å². The van der Waals surface area contributed by atoms with Gasteiger partial charge in [0.05, 0.1) is 17.6 Å². The molecule has 0 saturated heterocycles. The van der Waals surface area contributed by atoms with E-state index in [2.05, 4.69) is 15.6 Å². The Kier molecular flexibility index (Phi) is 6.31. The van der Waals surface area contributed by atoms with E-state index in [1.165, 1.54) is 0 Å². The van der Waals surface area contributed by atoms with Crippen LogP contribution in [0, 0.1) is 10.1 Å². The van der Waals surface area contributed by atoms with Crippen LogP contribution in [0.25, 0.3) is 0 Å². The van der Waals surface area contributed by atoms with Gasteiger partial charge in [-0.15, -0.1) is 0 Å². The summed E-state index contributed by atoms with van der Waals surface area (Å²) in [5.74, 6) is 0.346. The van der Waals surface area contributed by atoms with Gasteiger partial charge in [0, 0.05) is 26.0 Å². The summed E-state index contributed by atoms with van der Waals surface area (Å²) in [6.45, 7) is 2.86. The highest BCUT2D eigenvalue weighted by molar-refractivity contribution is 5.14. The van der Waals surface area contributed by atoms with E-state index in [4.69, 9.17) is 4.74 Å². The van der Waals surface area contributed by atoms with E-state index >= 15 is 0 Å². The number of pyridine rings is 1. The minimum absolute atomic E-state index is 0.0880. The summed E-state index contributed by atoms with van der Waals surface area (Å²) in [6, 6.07) is 3.64. The molecule has 0 spiro atoms. The number of methoxy groups -OCH3 is 1. The highest BCUT2D eigenvalue weighted by Gasteiger charge is 2.09. The number of nitrogens with zero attached hydrogens (tertiary/aromatic N) is 2. The van der Waals surface area contributed by atoms with Crippen molar-refractivity contribution in [3.05, 3.63) is 52.2 Å². The largest absolute Gasteiger partial charge is 0.383 e. The standard InChI is InChI=1S/C12H18N4O3/c1-10(11-4-3-5-13-8-11)15-12(9-16(17)18)14-6-7-19-2/h3-5,8-10,14-15H,6-7H2,1-2H3/b12-9+. The first kappa shape index (κ1) is 14.9. The zero-order chi connectivity index (χ0) is 14.1. The third-order valence-electron chi connectivity index (χ3n) is 2.41. The molecule has 1 aromatic heterocycles. The molecule has 0 aliphatic heterocycles. The van der Waals surface area contributed by atoms with Crippen LogP contribution in [0.3, 0.4) is 0 Å². The molecular formula is C12H18N4O3. The van der Waals surface area contributed by atoms with E-state index in [0.717, 1.165) is 11.8 Å². The van der Waals surface area contributed by atoms with E-state index in [9.17, 15) is 10.1 Å². The molecular weight excluding hydrogens is 248 g/mol. The molecule has 0 aliphatic rings. The van der Waals surface area contributed by atoms with Gasteiger partial charge in [0.15, 0.2) is 5.82 Å². The molecule has 0 radical (unpaired) electrons. The van der Waals surface area contributed by atoms with Crippen LogP contribution in [0.1, 0.15) is 18.5 Å². The van der Waals surface area contributed by atoms with Gasteiger partial charge in [0.25, 0.3) is 6.20 Å². The lowest BCUT2D eigenvalue weighted by Gasteiger charge is -2.17. The summed E-state index contributed by atoms with van der Waals surface area (Å²) in [7, 11) is 1.57. The van der Waals surface area contributed by atoms with Crippen LogP contribution < -0.4 is 10.6 Å². The molecule has 0 aliphatic carbocycles. The predicted molar refractivity (Wildman–Crippen MR) is 70.7 cm³/mol. The van der Waals surface area contributed by atoms with Gasteiger partial charge in [-0.1, -0.05) is 6.07 Å². The molecule has 1 rings (SSSR count). The molecule has 0 bridgehead atoms. The molecule has 0 aromatic carbocycles. The van der Waals surface area contributed by atoms with Gasteiger partial charge in [-0.05, 0) is 18.6 Å². The maximum absolute atomic E-state index is 10.6. The maximum Gasteiger partial charge on any atom is 0.274 e. The second kappa shape index (κ2) is 8.04. The van der Waals surface area contributed by atoms with E-state index in [1.54, 1.807) is 19.5 Å². The highest BCUT2D eigenvalue weighted by Crippen LogP contribution is 2.10. The van der Waals surface area contributed by atoms with Gasteiger partial charge in [0.1, 0.15) is 0 Å². The van der Waals surface area contributed by atoms with Gasteiger partial charge in [-0.2, -0.15) is 0 Å². The Morgan fingerprint density at radius 1 is 1.68 bits per heavy atom. The van der Waals surface area contributed by atoms with Crippen molar-refractivity contribution in [3.8, 4) is 0 Å². The Balaban J connectivity index is 2.64.